The number of phenols is 1. The fraction of sp³-hybridized carbons (Fsp3) is 0.429. The molecule has 0 bridgehead atoms. The van der Waals surface area contributed by atoms with Gasteiger partial charge in [0, 0.05) is 0 Å². The van der Waals surface area contributed by atoms with E-state index in [0.717, 1.165) is 12.8 Å². The summed E-state index contributed by atoms with van der Waals surface area (Å²) < 4.78 is 5.63. The zero-order valence-electron chi connectivity index (χ0n) is 15.5. The molecule has 1 atom stereocenters. The summed E-state index contributed by atoms with van der Waals surface area (Å²) in [5.41, 5.74) is 1.38. The number of amides is 2. The van der Waals surface area contributed by atoms with Crippen LogP contribution in [0.1, 0.15) is 50.6 Å². The molecule has 0 saturated heterocycles. The molecule has 27 heavy (non-hydrogen) atoms. The fourth-order valence-electron chi connectivity index (χ4n) is 3.69. The summed E-state index contributed by atoms with van der Waals surface area (Å²) in [5.74, 6) is 0.0242. The van der Waals surface area contributed by atoms with Crippen LogP contribution in [0.15, 0.2) is 47.7 Å². The highest BCUT2D eigenvalue weighted by Gasteiger charge is 2.33. The molecule has 1 aliphatic carbocycles. The van der Waals surface area contributed by atoms with E-state index in [-0.39, 0.29) is 5.75 Å². The van der Waals surface area contributed by atoms with Crippen molar-refractivity contribution in [1.29, 1.82) is 0 Å². The Morgan fingerprint density at radius 2 is 2.07 bits per heavy atom. The van der Waals surface area contributed by atoms with Crippen LogP contribution in [0.4, 0.5) is 4.79 Å². The van der Waals surface area contributed by atoms with Crippen molar-refractivity contribution in [3.63, 3.8) is 0 Å². The van der Waals surface area contributed by atoms with Crippen molar-refractivity contribution in [1.82, 2.24) is 10.6 Å². The topological polar surface area (TPSA) is 87.7 Å². The Kier molecular flexibility index (Phi) is 6.16. The average molecular weight is 370 g/mol. The van der Waals surface area contributed by atoms with Crippen LogP contribution < -0.4 is 10.6 Å². The third-order valence-corrected chi connectivity index (χ3v) is 5.03. The predicted octanol–water partition coefficient (Wildman–Crippen LogP) is 3.70. The molecule has 1 aliphatic heterocycles. The number of hydrogen-bond acceptors (Lipinski definition) is 4. The third kappa shape index (κ3) is 4.70. The Morgan fingerprint density at radius 3 is 2.78 bits per heavy atom. The van der Waals surface area contributed by atoms with Crippen LogP contribution in [0.3, 0.4) is 0 Å². The third-order valence-electron chi connectivity index (χ3n) is 5.03. The Morgan fingerprint density at radius 1 is 1.30 bits per heavy atom. The minimum Gasteiger partial charge on any atom is -0.508 e. The van der Waals surface area contributed by atoms with Crippen LogP contribution in [-0.2, 0) is 9.53 Å². The first-order chi connectivity index (χ1) is 13.1. The van der Waals surface area contributed by atoms with Crippen LogP contribution in [-0.4, -0.2) is 23.7 Å². The molecule has 1 unspecified atom stereocenters. The summed E-state index contributed by atoms with van der Waals surface area (Å²) in [6, 6.07) is 5.44. The molecule has 1 fully saturated rings. The van der Waals surface area contributed by atoms with Crippen molar-refractivity contribution < 1.29 is 19.4 Å². The van der Waals surface area contributed by atoms with E-state index in [0.29, 0.717) is 29.4 Å². The van der Waals surface area contributed by atoms with Crippen molar-refractivity contribution in [2.24, 2.45) is 5.92 Å². The molecular weight excluding hydrogens is 344 g/mol. The maximum absolute atomic E-state index is 12.9. The van der Waals surface area contributed by atoms with Gasteiger partial charge in [0.1, 0.15) is 5.75 Å². The van der Waals surface area contributed by atoms with Crippen LogP contribution in [0.2, 0.25) is 0 Å². The largest absolute Gasteiger partial charge is 0.508 e. The summed E-state index contributed by atoms with van der Waals surface area (Å²) in [7, 11) is 0. The molecule has 2 aliphatic rings. The number of hydrogen-bond donors (Lipinski definition) is 3. The van der Waals surface area contributed by atoms with Crippen LogP contribution in [0.5, 0.6) is 5.75 Å². The van der Waals surface area contributed by atoms with Gasteiger partial charge in [0.05, 0.1) is 23.9 Å². The molecule has 2 amide bonds. The molecule has 1 aromatic rings. The van der Waals surface area contributed by atoms with Crippen LogP contribution >= 0.6 is 0 Å². The van der Waals surface area contributed by atoms with Gasteiger partial charge >= 0.3 is 12.0 Å². The highest BCUT2D eigenvalue weighted by atomic mass is 16.5. The van der Waals surface area contributed by atoms with Crippen molar-refractivity contribution in [3.05, 3.63) is 53.3 Å². The number of benzene rings is 1. The van der Waals surface area contributed by atoms with E-state index in [1.54, 1.807) is 30.4 Å². The van der Waals surface area contributed by atoms with E-state index in [9.17, 15) is 14.7 Å². The van der Waals surface area contributed by atoms with Gasteiger partial charge in [-0.3, -0.25) is 0 Å². The quantitative estimate of drug-likeness (QED) is 0.690. The van der Waals surface area contributed by atoms with E-state index in [1.165, 1.54) is 25.3 Å². The summed E-state index contributed by atoms with van der Waals surface area (Å²) in [6.45, 7) is 2.21. The molecule has 3 rings (SSSR count). The molecule has 1 aromatic carbocycles. The first-order valence-corrected chi connectivity index (χ1v) is 9.49. The fourth-order valence-corrected chi connectivity index (χ4v) is 3.69. The predicted molar refractivity (Wildman–Crippen MR) is 102 cm³/mol. The van der Waals surface area contributed by atoms with Gasteiger partial charge in [-0.2, -0.15) is 0 Å². The van der Waals surface area contributed by atoms with Gasteiger partial charge in [-0.15, -0.1) is 0 Å². The van der Waals surface area contributed by atoms with E-state index in [2.05, 4.69) is 10.6 Å². The Balaban J connectivity index is 1.87. The molecular formula is C21H26N2O4. The molecule has 6 nitrogen and oxygen atoms in total. The standard InChI is InChI=1S/C21H26N2O4/c1-2-7-17-18(20(25)27-13-14-8-4-3-5-9-14)19(23-21(26)22-17)15-10-6-11-16(24)12-15/h2,6-7,10-12,14,19,24H,3-5,8-9,13H2,1H3,(H2,22,23,26)/b7-2+. The van der Waals surface area contributed by atoms with Gasteiger partial charge in [0.2, 0.25) is 0 Å². The first-order valence-electron chi connectivity index (χ1n) is 9.49. The summed E-state index contributed by atoms with van der Waals surface area (Å²) in [6.07, 6.45) is 9.21. The number of urea groups is 1. The van der Waals surface area contributed by atoms with Crippen LogP contribution in [0, 0.1) is 5.92 Å². The number of nitrogens with one attached hydrogen (secondary N) is 2. The summed E-state index contributed by atoms with van der Waals surface area (Å²) in [4.78, 5) is 25.0. The SMILES string of the molecule is C/C=C/C1=C(C(=O)OCC2CCCCC2)C(c2cccc(O)c2)NC(=O)N1. The van der Waals surface area contributed by atoms with Crippen molar-refractivity contribution >= 4 is 12.0 Å². The lowest BCUT2D eigenvalue weighted by molar-refractivity contribution is -0.141. The molecule has 144 valence electrons. The normalized spacial score (nSPS) is 21.1. The zero-order chi connectivity index (χ0) is 19.2. The summed E-state index contributed by atoms with van der Waals surface area (Å²) in [5, 5.41) is 15.2. The smallest absolute Gasteiger partial charge is 0.338 e. The van der Waals surface area contributed by atoms with E-state index in [4.69, 9.17) is 4.74 Å². The van der Waals surface area contributed by atoms with E-state index < -0.39 is 18.0 Å². The number of aromatic hydroxyl groups is 1. The molecule has 0 aromatic heterocycles. The molecule has 0 spiro atoms. The summed E-state index contributed by atoms with van der Waals surface area (Å²) >= 11 is 0. The number of rotatable bonds is 5. The average Bonchev–Trinajstić information content (AvgIpc) is 2.67. The zero-order valence-corrected chi connectivity index (χ0v) is 15.5. The number of phenolic OH excluding ortho intramolecular Hbond substituents is 1. The molecule has 3 N–H and O–H groups in total. The Bertz CT molecular complexity index is 763. The van der Waals surface area contributed by atoms with Crippen molar-refractivity contribution in [3.8, 4) is 5.75 Å². The van der Waals surface area contributed by atoms with Gasteiger partial charge in [0.25, 0.3) is 0 Å². The maximum Gasteiger partial charge on any atom is 0.338 e. The second-order valence-corrected chi connectivity index (χ2v) is 7.06. The molecule has 0 radical (unpaired) electrons. The lowest BCUT2D eigenvalue weighted by atomic mass is 9.90. The van der Waals surface area contributed by atoms with Gasteiger partial charge in [-0.05, 0) is 49.5 Å². The van der Waals surface area contributed by atoms with Crippen molar-refractivity contribution in [2.75, 3.05) is 6.61 Å². The van der Waals surface area contributed by atoms with Crippen LogP contribution in [0.25, 0.3) is 0 Å². The second-order valence-electron chi connectivity index (χ2n) is 7.06. The monoisotopic (exact) mass is 370 g/mol. The lowest BCUT2D eigenvalue weighted by Gasteiger charge is -2.29. The van der Waals surface area contributed by atoms with Crippen molar-refractivity contribution in [2.45, 2.75) is 45.1 Å². The van der Waals surface area contributed by atoms with Gasteiger partial charge in [-0.25, -0.2) is 9.59 Å². The van der Waals surface area contributed by atoms with Gasteiger partial charge in [0.15, 0.2) is 0 Å². The highest BCUT2D eigenvalue weighted by Crippen LogP contribution is 2.31. The molecule has 1 heterocycles. The minimum atomic E-state index is -0.684. The lowest BCUT2D eigenvalue weighted by Crippen LogP contribution is -2.45. The number of allylic oxidation sites excluding steroid dienone is 2. The molecule has 1 saturated carbocycles. The van der Waals surface area contributed by atoms with Gasteiger partial charge in [-0.1, -0.05) is 37.5 Å². The maximum atomic E-state index is 12.9. The van der Waals surface area contributed by atoms with E-state index in [1.807, 2.05) is 6.92 Å². The minimum absolute atomic E-state index is 0.0720. The molecule has 6 heteroatoms. The van der Waals surface area contributed by atoms with E-state index >= 15 is 0 Å². The Hall–Kier alpha value is -2.76. The second kappa shape index (κ2) is 8.75. The number of carbonyl (C=O) groups is 2. The first kappa shape index (κ1) is 19.0. The number of ether oxygens (including phenoxy) is 1. The van der Waals surface area contributed by atoms with Gasteiger partial charge < -0.3 is 20.5 Å². The number of esters is 1. The Labute approximate surface area is 159 Å². The highest BCUT2D eigenvalue weighted by molar-refractivity contribution is 5.95. The number of carbonyl (C=O) groups excluding carboxylic acids is 2.